The average Bonchev–Trinajstić information content (AvgIpc) is 3.50. The largest absolute Gasteiger partial charge is 0.488 e. The maximum absolute atomic E-state index is 12.6. The van der Waals surface area contributed by atoms with Gasteiger partial charge in [0.25, 0.3) is 0 Å². The number of morpholine rings is 1. The zero-order valence-corrected chi connectivity index (χ0v) is 19.7. The number of fused-ring (bicyclic) bond motifs is 3. The molecule has 5 rings (SSSR count). The molecule has 1 saturated heterocycles. The van der Waals surface area contributed by atoms with E-state index in [2.05, 4.69) is 34.5 Å². The molecule has 6 nitrogen and oxygen atoms in total. The maximum Gasteiger partial charge on any atom is 0.237 e. The van der Waals surface area contributed by atoms with E-state index in [4.69, 9.17) is 9.47 Å². The van der Waals surface area contributed by atoms with Gasteiger partial charge in [-0.2, -0.15) is 0 Å². The van der Waals surface area contributed by atoms with Gasteiger partial charge in [-0.05, 0) is 54.4 Å². The standard InChI is InChI=1S/C26H28N2O4S/c1-16(28-9-11-31-12-10-28)26(30)27-15-20-14-22-21-5-3-19(13-18(21)4-6-23(22)32-20)25-8-7-24(33-25)17(2)29/h3-8,13,16,20H,9-12,14-15H2,1-2H3,(H,27,30)/t16-,20-/m1/s1. The van der Waals surface area contributed by atoms with Crippen LogP contribution >= 0.6 is 11.3 Å². The lowest BCUT2D eigenvalue weighted by atomic mass is 9.98. The van der Waals surface area contributed by atoms with Gasteiger partial charge >= 0.3 is 0 Å². The fraction of sp³-hybridized carbons (Fsp3) is 0.385. The van der Waals surface area contributed by atoms with Crippen molar-refractivity contribution >= 4 is 33.8 Å². The molecular weight excluding hydrogens is 436 g/mol. The van der Waals surface area contributed by atoms with E-state index < -0.39 is 0 Å². The van der Waals surface area contributed by atoms with Gasteiger partial charge in [-0.3, -0.25) is 14.5 Å². The van der Waals surface area contributed by atoms with E-state index in [1.165, 1.54) is 22.3 Å². The predicted molar refractivity (Wildman–Crippen MR) is 130 cm³/mol. The number of benzene rings is 2. The highest BCUT2D eigenvalue weighted by Crippen LogP contribution is 2.37. The number of carbonyl (C=O) groups excluding carboxylic acids is 2. The van der Waals surface area contributed by atoms with Gasteiger partial charge in [-0.1, -0.05) is 18.2 Å². The summed E-state index contributed by atoms with van der Waals surface area (Å²) in [5.74, 6) is 1.03. The SMILES string of the molecule is CC(=O)c1ccc(-c2ccc3c4c(ccc3c2)O[C@@H](CNC(=O)[C@@H](C)N2CCOCC2)C4)s1. The van der Waals surface area contributed by atoms with E-state index in [1.807, 2.05) is 25.1 Å². The van der Waals surface area contributed by atoms with Crippen molar-refractivity contribution < 1.29 is 19.1 Å². The van der Waals surface area contributed by atoms with Crippen LogP contribution < -0.4 is 10.1 Å². The maximum atomic E-state index is 12.6. The second-order valence-corrected chi connectivity index (χ2v) is 9.80. The molecule has 2 aromatic carbocycles. The lowest BCUT2D eigenvalue weighted by molar-refractivity contribution is -0.127. The zero-order valence-electron chi connectivity index (χ0n) is 18.9. The number of thiophene rings is 1. The molecule has 0 aliphatic carbocycles. The Morgan fingerprint density at radius 1 is 1.15 bits per heavy atom. The third-order valence-corrected chi connectivity index (χ3v) is 7.76. The molecule has 0 radical (unpaired) electrons. The van der Waals surface area contributed by atoms with E-state index in [-0.39, 0.29) is 23.8 Å². The molecule has 0 bridgehead atoms. The average molecular weight is 465 g/mol. The molecule has 2 aliphatic heterocycles. The number of nitrogens with zero attached hydrogens (tertiary/aromatic N) is 1. The third kappa shape index (κ3) is 4.53. The Labute approximate surface area is 197 Å². The summed E-state index contributed by atoms with van der Waals surface area (Å²) in [6.45, 7) is 6.97. The van der Waals surface area contributed by atoms with Crippen LogP contribution in [0.25, 0.3) is 21.2 Å². The van der Waals surface area contributed by atoms with Crippen LogP contribution in [0, 0.1) is 0 Å². The summed E-state index contributed by atoms with van der Waals surface area (Å²) in [6.07, 6.45) is 0.702. The number of hydrogen-bond acceptors (Lipinski definition) is 6. The quantitative estimate of drug-likeness (QED) is 0.560. The molecule has 3 heterocycles. The monoisotopic (exact) mass is 464 g/mol. The fourth-order valence-electron chi connectivity index (χ4n) is 4.59. The van der Waals surface area contributed by atoms with Crippen LogP contribution in [-0.4, -0.2) is 61.6 Å². The lowest BCUT2D eigenvalue weighted by Gasteiger charge is -2.31. The number of nitrogens with one attached hydrogen (secondary N) is 1. The summed E-state index contributed by atoms with van der Waals surface area (Å²) in [5, 5.41) is 5.40. The first kappa shape index (κ1) is 22.1. The fourth-order valence-corrected chi connectivity index (χ4v) is 5.48. The Balaban J connectivity index is 1.26. The molecule has 172 valence electrons. The normalized spacial score (nSPS) is 19.2. The van der Waals surface area contributed by atoms with E-state index in [9.17, 15) is 9.59 Å². The first-order chi connectivity index (χ1) is 16.0. The molecule has 7 heteroatoms. The summed E-state index contributed by atoms with van der Waals surface area (Å²) < 4.78 is 11.5. The first-order valence-electron chi connectivity index (χ1n) is 11.4. The third-order valence-electron chi connectivity index (χ3n) is 6.53. The van der Waals surface area contributed by atoms with Gasteiger partial charge in [0.15, 0.2) is 5.78 Å². The second kappa shape index (κ2) is 9.25. The zero-order chi connectivity index (χ0) is 22.9. The molecule has 3 aromatic rings. The Morgan fingerprint density at radius 2 is 1.97 bits per heavy atom. The van der Waals surface area contributed by atoms with Crippen molar-refractivity contribution in [3.8, 4) is 16.2 Å². The van der Waals surface area contributed by atoms with Crippen molar-refractivity contribution in [3.63, 3.8) is 0 Å². The summed E-state index contributed by atoms with van der Waals surface area (Å²) in [6, 6.07) is 14.3. The van der Waals surface area contributed by atoms with Crippen LogP contribution in [0.15, 0.2) is 42.5 Å². The van der Waals surface area contributed by atoms with Crippen molar-refractivity contribution in [2.45, 2.75) is 32.4 Å². The minimum atomic E-state index is -0.169. The van der Waals surface area contributed by atoms with Gasteiger partial charge in [0.1, 0.15) is 11.9 Å². The molecule has 0 spiro atoms. The number of carbonyl (C=O) groups is 2. The molecule has 1 aromatic heterocycles. The van der Waals surface area contributed by atoms with Crippen molar-refractivity contribution in [2.75, 3.05) is 32.8 Å². The van der Waals surface area contributed by atoms with Crippen molar-refractivity contribution in [2.24, 2.45) is 0 Å². The van der Waals surface area contributed by atoms with Gasteiger partial charge in [-0.25, -0.2) is 0 Å². The van der Waals surface area contributed by atoms with Crippen molar-refractivity contribution in [3.05, 3.63) is 52.9 Å². The molecule has 1 amide bonds. The van der Waals surface area contributed by atoms with Crippen LogP contribution in [0.1, 0.15) is 29.1 Å². The van der Waals surface area contributed by atoms with E-state index >= 15 is 0 Å². The number of Topliss-reactive ketones (excluding diaryl/α,β-unsaturated/α-hetero) is 1. The molecule has 2 atom stereocenters. The summed E-state index contributed by atoms with van der Waals surface area (Å²) in [7, 11) is 0. The summed E-state index contributed by atoms with van der Waals surface area (Å²) >= 11 is 1.53. The van der Waals surface area contributed by atoms with E-state index in [0.717, 1.165) is 46.0 Å². The number of amides is 1. The highest BCUT2D eigenvalue weighted by Gasteiger charge is 2.27. The molecule has 2 aliphatic rings. The lowest BCUT2D eigenvalue weighted by Crippen LogP contribution is -2.50. The topological polar surface area (TPSA) is 67.9 Å². The molecular formula is C26H28N2O4S. The minimum Gasteiger partial charge on any atom is -0.488 e. The van der Waals surface area contributed by atoms with Gasteiger partial charge in [-0.15, -0.1) is 11.3 Å². The number of hydrogen-bond donors (Lipinski definition) is 1. The first-order valence-corrected chi connectivity index (χ1v) is 12.2. The van der Waals surface area contributed by atoms with Crippen LogP contribution in [-0.2, 0) is 16.0 Å². The smallest absolute Gasteiger partial charge is 0.237 e. The second-order valence-electron chi connectivity index (χ2n) is 8.71. The van der Waals surface area contributed by atoms with Crippen LogP contribution in [0.2, 0.25) is 0 Å². The molecule has 0 unspecified atom stereocenters. The molecule has 1 N–H and O–H groups in total. The van der Waals surface area contributed by atoms with Crippen LogP contribution in [0.5, 0.6) is 5.75 Å². The number of rotatable bonds is 6. The van der Waals surface area contributed by atoms with E-state index in [0.29, 0.717) is 19.8 Å². The Hall–Kier alpha value is -2.74. The van der Waals surface area contributed by atoms with Crippen molar-refractivity contribution in [1.29, 1.82) is 0 Å². The highest BCUT2D eigenvalue weighted by molar-refractivity contribution is 7.17. The molecule has 33 heavy (non-hydrogen) atoms. The Morgan fingerprint density at radius 3 is 2.73 bits per heavy atom. The van der Waals surface area contributed by atoms with Gasteiger partial charge in [0.2, 0.25) is 5.91 Å². The molecule has 0 saturated carbocycles. The summed E-state index contributed by atoms with van der Waals surface area (Å²) in [4.78, 5) is 28.3. The van der Waals surface area contributed by atoms with E-state index in [1.54, 1.807) is 6.92 Å². The molecule has 1 fully saturated rings. The summed E-state index contributed by atoms with van der Waals surface area (Å²) in [5.41, 5.74) is 2.30. The Kier molecular flexibility index (Phi) is 6.19. The van der Waals surface area contributed by atoms with Crippen LogP contribution in [0.4, 0.5) is 0 Å². The number of ether oxygens (including phenoxy) is 2. The van der Waals surface area contributed by atoms with Gasteiger partial charge < -0.3 is 14.8 Å². The van der Waals surface area contributed by atoms with Gasteiger partial charge in [0.05, 0.1) is 30.7 Å². The highest BCUT2D eigenvalue weighted by atomic mass is 32.1. The van der Waals surface area contributed by atoms with Crippen LogP contribution in [0.3, 0.4) is 0 Å². The minimum absolute atomic E-state index is 0.0341. The Bertz CT molecular complexity index is 1200. The number of ketones is 1. The van der Waals surface area contributed by atoms with Gasteiger partial charge in [0, 0.05) is 30.0 Å². The van der Waals surface area contributed by atoms with Crippen molar-refractivity contribution in [1.82, 2.24) is 10.2 Å². The predicted octanol–water partition coefficient (Wildman–Crippen LogP) is 3.91.